The zero-order chi connectivity index (χ0) is 17.1. The van der Waals surface area contributed by atoms with Crippen LogP contribution in [0.1, 0.15) is 5.82 Å². The summed E-state index contributed by atoms with van der Waals surface area (Å²) in [6.07, 6.45) is -1.15. The van der Waals surface area contributed by atoms with Gasteiger partial charge in [-0.25, -0.2) is 4.98 Å². The van der Waals surface area contributed by atoms with Gasteiger partial charge in [0.2, 0.25) is 17.2 Å². The van der Waals surface area contributed by atoms with Crippen LogP contribution >= 0.6 is 11.6 Å². The molecule has 2 heterocycles. The topological polar surface area (TPSA) is 88.5 Å². The van der Waals surface area contributed by atoms with Gasteiger partial charge in [-0.2, -0.15) is 28.7 Å². The molecule has 122 valence electrons. The fourth-order valence-electron chi connectivity index (χ4n) is 1.91. The van der Waals surface area contributed by atoms with Gasteiger partial charge < -0.3 is 10.6 Å². The highest BCUT2D eigenvalue weighted by Gasteiger charge is 2.06. The van der Waals surface area contributed by atoms with Crippen molar-refractivity contribution in [3.8, 4) is 0 Å². The van der Waals surface area contributed by atoms with Crippen molar-refractivity contribution >= 4 is 34.7 Å². The Kier molecular flexibility index (Phi) is 4.43. The summed E-state index contributed by atoms with van der Waals surface area (Å²) in [7, 11) is 0. The van der Waals surface area contributed by atoms with Crippen LogP contribution in [0, 0.1) is 18.9 Å². The van der Waals surface area contributed by atoms with Crippen LogP contribution in [0.4, 0.5) is 31.9 Å². The molecule has 7 nitrogen and oxygen atoms in total. The van der Waals surface area contributed by atoms with E-state index in [1.54, 1.807) is 31.2 Å². The minimum absolute atomic E-state index is 0.00352. The summed E-state index contributed by atoms with van der Waals surface area (Å²) in [4.78, 5) is 18.3. The second kappa shape index (κ2) is 6.67. The van der Waals surface area contributed by atoms with Crippen molar-refractivity contribution in [2.75, 3.05) is 10.6 Å². The predicted molar refractivity (Wildman–Crippen MR) is 84.5 cm³/mol. The maximum atomic E-state index is 13.1. The van der Waals surface area contributed by atoms with E-state index < -0.39 is 12.0 Å². The molecular weight excluding hydrogens is 340 g/mol. The van der Waals surface area contributed by atoms with Crippen molar-refractivity contribution in [3.05, 3.63) is 53.5 Å². The molecule has 0 amide bonds. The third-order valence-electron chi connectivity index (χ3n) is 2.78. The minimum Gasteiger partial charge on any atom is -0.340 e. The van der Waals surface area contributed by atoms with E-state index in [1.807, 2.05) is 0 Å². The number of nitrogens with zero attached hydrogens (tertiary/aromatic N) is 5. The smallest absolute Gasteiger partial charge is 0.313 e. The molecule has 0 saturated carbocycles. The second-order valence-corrected chi connectivity index (χ2v) is 4.99. The second-order valence-electron chi connectivity index (χ2n) is 4.65. The van der Waals surface area contributed by atoms with Crippen molar-refractivity contribution in [1.29, 1.82) is 0 Å². The van der Waals surface area contributed by atoms with E-state index in [0.29, 0.717) is 17.2 Å². The Morgan fingerprint density at radius 2 is 1.67 bits per heavy atom. The van der Waals surface area contributed by atoms with E-state index in [0.717, 1.165) is 6.07 Å². The van der Waals surface area contributed by atoms with Crippen molar-refractivity contribution in [1.82, 2.24) is 24.9 Å². The van der Waals surface area contributed by atoms with Crippen molar-refractivity contribution in [2.24, 2.45) is 0 Å². The van der Waals surface area contributed by atoms with E-state index in [9.17, 15) is 8.78 Å². The first kappa shape index (κ1) is 15.9. The number of hydrogen-bond donors (Lipinski definition) is 2. The number of anilines is 4. The molecular formula is C14H10ClF2N7. The van der Waals surface area contributed by atoms with Crippen molar-refractivity contribution < 1.29 is 8.78 Å². The molecule has 0 spiro atoms. The van der Waals surface area contributed by atoms with Gasteiger partial charge in [0.25, 0.3) is 0 Å². The number of aromatic nitrogens is 5. The van der Waals surface area contributed by atoms with Crippen LogP contribution in [0.25, 0.3) is 0 Å². The Morgan fingerprint density at radius 3 is 2.38 bits per heavy atom. The first-order valence-corrected chi connectivity index (χ1v) is 7.08. The van der Waals surface area contributed by atoms with Crippen LogP contribution in [0.5, 0.6) is 0 Å². The van der Waals surface area contributed by atoms with Gasteiger partial charge in [-0.05, 0) is 36.7 Å². The molecule has 0 aliphatic carbocycles. The summed E-state index contributed by atoms with van der Waals surface area (Å²) in [5, 5.41) is 5.83. The molecule has 2 aromatic heterocycles. The molecule has 0 saturated heterocycles. The molecule has 0 atom stereocenters. The Bertz CT molecular complexity index is 781. The molecule has 1 aromatic carbocycles. The van der Waals surface area contributed by atoms with Crippen molar-refractivity contribution in [2.45, 2.75) is 6.92 Å². The highest BCUT2D eigenvalue weighted by molar-refractivity contribution is 6.28. The van der Waals surface area contributed by atoms with Gasteiger partial charge in [0.1, 0.15) is 11.6 Å². The van der Waals surface area contributed by atoms with E-state index in [-0.39, 0.29) is 17.0 Å². The number of nitrogens with one attached hydrogen (secondary N) is 2. The summed E-state index contributed by atoms with van der Waals surface area (Å²) < 4.78 is 26.1. The summed E-state index contributed by atoms with van der Waals surface area (Å²) >= 11 is 5.78. The number of halogens is 3. The van der Waals surface area contributed by atoms with E-state index in [2.05, 4.69) is 35.6 Å². The normalized spacial score (nSPS) is 10.5. The number of rotatable bonds is 4. The average molecular weight is 350 g/mol. The SMILES string of the molecule is Cc1nc(Cl)nc(Nc2cccc(Nc3cc(F)nc(F)n3)c2)n1. The molecule has 0 bridgehead atoms. The first-order chi connectivity index (χ1) is 11.5. The molecule has 10 heteroatoms. The van der Waals surface area contributed by atoms with Crippen LogP contribution in [0.3, 0.4) is 0 Å². The van der Waals surface area contributed by atoms with Gasteiger partial charge in [-0.15, -0.1) is 0 Å². The summed E-state index contributed by atoms with van der Waals surface area (Å²) in [6.45, 7) is 1.69. The molecule has 0 aliphatic heterocycles. The lowest BCUT2D eigenvalue weighted by atomic mass is 10.2. The largest absolute Gasteiger partial charge is 0.340 e. The van der Waals surface area contributed by atoms with Crippen LogP contribution in [0.2, 0.25) is 5.28 Å². The predicted octanol–water partition coefficient (Wildman–Crippen LogP) is 3.39. The molecule has 0 fully saturated rings. The fraction of sp³-hybridized carbons (Fsp3) is 0.0714. The Morgan fingerprint density at radius 1 is 0.917 bits per heavy atom. The number of aryl methyl sites for hydroxylation is 1. The van der Waals surface area contributed by atoms with Crippen LogP contribution in [-0.2, 0) is 0 Å². The monoisotopic (exact) mass is 349 g/mol. The molecule has 0 aliphatic rings. The third kappa shape index (κ3) is 4.07. The standard InChI is InChI=1S/C14H10ClF2N7/c1-7-18-12(15)24-14(19-7)21-9-4-2-3-8(5-9)20-11-6-10(16)22-13(17)23-11/h2-6H,1H3,(H,20,22,23)(H,18,19,21,24). The zero-order valence-electron chi connectivity index (χ0n) is 12.3. The summed E-state index contributed by atoms with van der Waals surface area (Å²) in [6, 6.07) is 7.87. The molecule has 0 radical (unpaired) electrons. The molecule has 24 heavy (non-hydrogen) atoms. The van der Waals surface area contributed by atoms with Crippen LogP contribution in [0.15, 0.2) is 30.3 Å². The van der Waals surface area contributed by atoms with Gasteiger partial charge in [0.05, 0.1) is 0 Å². The highest BCUT2D eigenvalue weighted by atomic mass is 35.5. The minimum atomic E-state index is -1.15. The molecule has 2 N–H and O–H groups in total. The van der Waals surface area contributed by atoms with Gasteiger partial charge in [0.15, 0.2) is 0 Å². The average Bonchev–Trinajstić information content (AvgIpc) is 2.45. The van der Waals surface area contributed by atoms with Crippen LogP contribution < -0.4 is 10.6 Å². The van der Waals surface area contributed by atoms with E-state index >= 15 is 0 Å². The molecule has 3 aromatic rings. The van der Waals surface area contributed by atoms with E-state index in [1.165, 1.54) is 0 Å². The lowest BCUT2D eigenvalue weighted by Gasteiger charge is -2.09. The van der Waals surface area contributed by atoms with Gasteiger partial charge in [0, 0.05) is 17.4 Å². The summed E-state index contributed by atoms with van der Waals surface area (Å²) in [5.41, 5.74) is 1.19. The van der Waals surface area contributed by atoms with Crippen molar-refractivity contribution in [3.63, 3.8) is 0 Å². The molecule has 3 rings (SSSR count). The zero-order valence-corrected chi connectivity index (χ0v) is 13.0. The third-order valence-corrected chi connectivity index (χ3v) is 2.95. The number of hydrogen-bond acceptors (Lipinski definition) is 7. The van der Waals surface area contributed by atoms with Gasteiger partial charge in [-0.1, -0.05) is 6.07 Å². The fourth-order valence-corrected chi connectivity index (χ4v) is 2.11. The quantitative estimate of drug-likeness (QED) is 0.551. The Labute approximate surface area is 140 Å². The summed E-state index contributed by atoms with van der Waals surface area (Å²) in [5.74, 6) is -0.215. The maximum absolute atomic E-state index is 13.1. The first-order valence-electron chi connectivity index (χ1n) is 6.70. The Balaban J connectivity index is 1.81. The van der Waals surface area contributed by atoms with Gasteiger partial charge >= 0.3 is 6.08 Å². The van der Waals surface area contributed by atoms with E-state index in [4.69, 9.17) is 11.6 Å². The van der Waals surface area contributed by atoms with Gasteiger partial charge in [-0.3, -0.25) is 0 Å². The Hall–Kier alpha value is -2.94. The lowest BCUT2D eigenvalue weighted by Crippen LogP contribution is -2.02. The van der Waals surface area contributed by atoms with Crippen LogP contribution in [-0.4, -0.2) is 24.9 Å². The maximum Gasteiger partial charge on any atom is 0.313 e. The lowest BCUT2D eigenvalue weighted by molar-refractivity contribution is 0.485. The number of benzene rings is 1. The molecule has 0 unspecified atom stereocenters. The highest BCUT2D eigenvalue weighted by Crippen LogP contribution is 2.21.